The van der Waals surface area contributed by atoms with Crippen LogP contribution in [0.5, 0.6) is 0 Å². The molecule has 0 heterocycles. The zero-order chi connectivity index (χ0) is 24.8. The molecule has 2 aromatic carbocycles. The van der Waals surface area contributed by atoms with Crippen LogP contribution in [0.15, 0.2) is 48.5 Å². The van der Waals surface area contributed by atoms with Crippen molar-refractivity contribution in [1.82, 2.24) is 10.6 Å². The van der Waals surface area contributed by atoms with Crippen molar-refractivity contribution in [3.63, 3.8) is 0 Å². The Morgan fingerprint density at radius 1 is 0.941 bits per heavy atom. The summed E-state index contributed by atoms with van der Waals surface area (Å²) < 4.78 is 10.6. The summed E-state index contributed by atoms with van der Waals surface area (Å²) in [5, 5.41) is 14.6. The average Bonchev–Trinajstić information content (AvgIpc) is 3.17. The smallest absolute Gasteiger partial charge is 0.407 e. The van der Waals surface area contributed by atoms with Gasteiger partial charge in [-0.25, -0.2) is 9.59 Å². The summed E-state index contributed by atoms with van der Waals surface area (Å²) in [5.41, 5.74) is 4.42. The van der Waals surface area contributed by atoms with Crippen molar-refractivity contribution < 1.29 is 29.0 Å². The van der Waals surface area contributed by atoms with Crippen molar-refractivity contribution in [2.75, 3.05) is 13.7 Å². The Morgan fingerprint density at radius 2 is 1.50 bits per heavy atom. The molecule has 2 aromatic rings. The largest absolute Gasteiger partial charge is 0.480 e. The van der Waals surface area contributed by atoms with Gasteiger partial charge in [-0.05, 0) is 35.1 Å². The first kappa shape index (κ1) is 25.2. The second kappa shape index (κ2) is 11.2. The number of carboxylic acids is 1. The van der Waals surface area contributed by atoms with E-state index in [1.807, 2.05) is 50.2 Å². The van der Waals surface area contributed by atoms with Gasteiger partial charge in [-0.15, -0.1) is 0 Å². The normalized spacial score (nSPS) is 15.9. The van der Waals surface area contributed by atoms with Crippen LogP contribution >= 0.6 is 0 Å². The summed E-state index contributed by atoms with van der Waals surface area (Å²) in [6.07, 6.45) is -0.873. The molecule has 0 saturated heterocycles. The van der Waals surface area contributed by atoms with Crippen LogP contribution in [0.1, 0.15) is 44.2 Å². The molecule has 0 bridgehead atoms. The first-order chi connectivity index (χ1) is 16.3. The molecule has 0 spiro atoms. The van der Waals surface area contributed by atoms with Gasteiger partial charge in [-0.1, -0.05) is 68.8 Å². The van der Waals surface area contributed by atoms with Gasteiger partial charge in [0.15, 0.2) is 6.04 Å². The maximum atomic E-state index is 12.9. The number of carbonyl (C=O) groups is 3. The number of methoxy groups -OCH3 is 1. The first-order valence-corrected chi connectivity index (χ1v) is 11.5. The molecule has 34 heavy (non-hydrogen) atoms. The fourth-order valence-corrected chi connectivity index (χ4v) is 4.23. The van der Waals surface area contributed by atoms with Gasteiger partial charge in [0.2, 0.25) is 5.91 Å². The monoisotopic (exact) mass is 468 g/mol. The topological polar surface area (TPSA) is 114 Å². The van der Waals surface area contributed by atoms with E-state index in [0.717, 1.165) is 22.3 Å². The van der Waals surface area contributed by atoms with Gasteiger partial charge >= 0.3 is 12.1 Å². The highest BCUT2D eigenvalue weighted by atomic mass is 16.5. The van der Waals surface area contributed by atoms with Crippen molar-refractivity contribution in [2.24, 2.45) is 5.92 Å². The van der Waals surface area contributed by atoms with Gasteiger partial charge in [0.25, 0.3) is 0 Å². The van der Waals surface area contributed by atoms with Crippen LogP contribution in [0.3, 0.4) is 0 Å². The maximum absolute atomic E-state index is 12.9. The number of carboxylic acid groups (broad SMARTS) is 1. The van der Waals surface area contributed by atoms with Crippen LogP contribution in [-0.2, 0) is 19.1 Å². The minimum Gasteiger partial charge on any atom is -0.480 e. The van der Waals surface area contributed by atoms with E-state index in [2.05, 4.69) is 22.8 Å². The van der Waals surface area contributed by atoms with Crippen molar-refractivity contribution in [3.05, 3.63) is 59.7 Å². The molecule has 0 saturated carbocycles. The lowest BCUT2D eigenvalue weighted by Crippen LogP contribution is -2.56. The van der Waals surface area contributed by atoms with Crippen LogP contribution in [0, 0.1) is 5.92 Å². The minimum atomic E-state index is -1.24. The second-order valence-electron chi connectivity index (χ2n) is 8.60. The molecule has 0 aromatic heterocycles. The zero-order valence-electron chi connectivity index (χ0n) is 19.9. The highest BCUT2D eigenvalue weighted by Gasteiger charge is 2.34. The summed E-state index contributed by atoms with van der Waals surface area (Å²) in [6, 6.07) is 13.8. The summed E-state index contributed by atoms with van der Waals surface area (Å²) in [4.78, 5) is 37.2. The van der Waals surface area contributed by atoms with Gasteiger partial charge in [0, 0.05) is 13.0 Å². The molecule has 1 aliphatic carbocycles. The summed E-state index contributed by atoms with van der Waals surface area (Å²) in [6.45, 7) is 5.36. The summed E-state index contributed by atoms with van der Waals surface area (Å²) in [5.74, 6) is -2.16. The number of hydrogen-bond acceptors (Lipinski definition) is 5. The summed E-state index contributed by atoms with van der Waals surface area (Å²) >= 11 is 0. The fraction of sp³-hybridized carbons (Fsp3) is 0.423. The number of ether oxygens (including phenoxy) is 2. The van der Waals surface area contributed by atoms with E-state index < -0.39 is 36.2 Å². The quantitative estimate of drug-likeness (QED) is 0.491. The van der Waals surface area contributed by atoms with Crippen molar-refractivity contribution >= 4 is 18.0 Å². The number of benzene rings is 2. The van der Waals surface area contributed by atoms with Crippen LogP contribution in [0.2, 0.25) is 0 Å². The van der Waals surface area contributed by atoms with E-state index >= 15 is 0 Å². The van der Waals surface area contributed by atoms with E-state index in [-0.39, 0.29) is 18.4 Å². The number of amides is 2. The molecule has 3 N–H and O–H groups in total. The van der Waals surface area contributed by atoms with Gasteiger partial charge in [-0.2, -0.15) is 0 Å². The Balaban J connectivity index is 1.69. The molecule has 8 nitrogen and oxygen atoms in total. The number of rotatable bonds is 10. The molecule has 0 fully saturated rings. The number of carbonyl (C=O) groups excluding carboxylic acids is 2. The molecular formula is C26H32N2O6. The Kier molecular flexibility index (Phi) is 8.28. The fourth-order valence-electron chi connectivity index (χ4n) is 4.23. The average molecular weight is 469 g/mol. The number of aliphatic carboxylic acids is 1. The standard InChI is InChI=1S/C26H32N2O6/c1-5-15(2)22(24(29)27-23(25(30)31)16(3)33-4)28-26(32)34-14-21-19-12-8-6-10-17(19)18-11-7-9-13-20(18)21/h6-13,15-16,21-23H,5,14H2,1-4H3,(H,27,29)(H,28,32)(H,30,31). The Bertz CT molecular complexity index is 994. The van der Waals surface area contributed by atoms with Crippen LogP contribution in [-0.4, -0.2) is 55.0 Å². The number of nitrogens with one attached hydrogen (secondary N) is 2. The SMILES string of the molecule is CCC(C)C(NC(=O)OCC1c2ccccc2-c2ccccc21)C(=O)NC(C(=O)O)C(C)OC. The zero-order valence-corrected chi connectivity index (χ0v) is 19.9. The third-order valence-electron chi connectivity index (χ3n) is 6.52. The molecule has 182 valence electrons. The van der Waals surface area contributed by atoms with Crippen molar-refractivity contribution in [1.29, 1.82) is 0 Å². The molecule has 4 atom stereocenters. The highest BCUT2D eigenvalue weighted by molar-refractivity contribution is 5.89. The van der Waals surface area contributed by atoms with Gasteiger partial charge in [-0.3, -0.25) is 4.79 Å². The maximum Gasteiger partial charge on any atom is 0.407 e. The molecule has 2 amide bonds. The van der Waals surface area contributed by atoms with E-state index in [1.54, 1.807) is 6.92 Å². The molecule has 1 aliphatic rings. The van der Waals surface area contributed by atoms with Crippen molar-refractivity contribution in [2.45, 2.75) is 51.3 Å². The van der Waals surface area contributed by atoms with Crippen molar-refractivity contribution in [3.8, 4) is 11.1 Å². The molecule has 0 radical (unpaired) electrons. The number of alkyl carbamates (subject to hydrolysis) is 1. The van der Waals surface area contributed by atoms with E-state index in [9.17, 15) is 19.5 Å². The lowest BCUT2D eigenvalue weighted by Gasteiger charge is -2.27. The summed E-state index contributed by atoms with van der Waals surface area (Å²) in [7, 11) is 1.37. The lowest BCUT2D eigenvalue weighted by atomic mass is 9.97. The third kappa shape index (κ3) is 5.39. The first-order valence-electron chi connectivity index (χ1n) is 11.5. The molecule has 0 aliphatic heterocycles. The predicted molar refractivity (Wildman–Crippen MR) is 127 cm³/mol. The minimum absolute atomic E-state index is 0.104. The van der Waals surface area contributed by atoms with Crippen LogP contribution < -0.4 is 10.6 Å². The number of fused-ring (bicyclic) bond motifs is 3. The molecular weight excluding hydrogens is 436 g/mol. The van der Waals surface area contributed by atoms with Gasteiger partial charge in [0.05, 0.1) is 6.10 Å². The Labute approximate surface area is 199 Å². The molecule has 4 unspecified atom stereocenters. The molecule has 3 rings (SSSR count). The Morgan fingerprint density at radius 3 is 2.00 bits per heavy atom. The second-order valence-corrected chi connectivity index (χ2v) is 8.60. The Hall–Kier alpha value is -3.39. The third-order valence-corrected chi connectivity index (χ3v) is 6.52. The van der Waals surface area contributed by atoms with Crippen LogP contribution in [0.25, 0.3) is 11.1 Å². The van der Waals surface area contributed by atoms with Crippen LogP contribution in [0.4, 0.5) is 4.79 Å². The van der Waals surface area contributed by atoms with E-state index in [1.165, 1.54) is 7.11 Å². The number of hydrogen-bond donors (Lipinski definition) is 3. The molecule has 8 heteroatoms. The van der Waals surface area contributed by atoms with E-state index in [0.29, 0.717) is 6.42 Å². The van der Waals surface area contributed by atoms with Gasteiger partial charge < -0.3 is 25.2 Å². The predicted octanol–water partition coefficient (Wildman–Crippen LogP) is 3.54. The van der Waals surface area contributed by atoms with E-state index in [4.69, 9.17) is 9.47 Å². The van der Waals surface area contributed by atoms with Gasteiger partial charge in [0.1, 0.15) is 12.6 Å². The highest BCUT2D eigenvalue weighted by Crippen LogP contribution is 2.44. The lowest BCUT2D eigenvalue weighted by molar-refractivity contribution is -0.146.